The van der Waals surface area contributed by atoms with Gasteiger partial charge in [-0.1, -0.05) is 259 Å². The summed E-state index contributed by atoms with van der Waals surface area (Å²) >= 11 is 20.7. The fourth-order valence-corrected chi connectivity index (χ4v) is 12.3. The summed E-state index contributed by atoms with van der Waals surface area (Å²) in [6, 6.07) is 67.2. The van der Waals surface area contributed by atoms with Gasteiger partial charge in [-0.15, -0.1) is 0 Å². The van der Waals surface area contributed by atoms with E-state index in [0.29, 0.717) is 11.1 Å². The summed E-state index contributed by atoms with van der Waals surface area (Å²) in [4.78, 5) is 55.3. The first-order valence-electron chi connectivity index (χ1n) is 26.1. The van der Waals surface area contributed by atoms with Gasteiger partial charge in [0.1, 0.15) is 0 Å². The number of allylic oxidation sites excluding steroid dienone is 1. The number of hydrogen-bond acceptors (Lipinski definition) is 7. The largest absolute Gasteiger partial charge is 0.478 e. The van der Waals surface area contributed by atoms with Crippen LogP contribution in [0, 0.1) is 0 Å². The highest BCUT2D eigenvalue weighted by Gasteiger charge is 2.16. The molecule has 0 fully saturated rings. The first-order chi connectivity index (χ1) is 41.5. The minimum absolute atomic E-state index is 0.0891. The molecular formula is C71H48Br6O9. The molecule has 13 rings (SSSR count). The fourth-order valence-electron chi connectivity index (χ4n) is 9.44. The molecule has 1 aliphatic carbocycles. The van der Waals surface area contributed by atoms with E-state index in [2.05, 4.69) is 95.6 Å². The zero-order valence-corrected chi connectivity index (χ0v) is 54.9. The van der Waals surface area contributed by atoms with Crippen LogP contribution in [-0.4, -0.2) is 52.4 Å². The summed E-state index contributed by atoms with van der Waals surface area (Å²) in [7, 11) is 1.39. The van der Waals surface area contributed by atoms with E-state index in [0.717, 1.165) is 132 Å². The molecule has 0 radical (unpaired) electrons. The Morgan fingerprint density at radius 1 is 0.430 bits per heavy atom. The van der Waals surface area contributed by atoms with E-state index in [-0.39, 0.29) is 18.4 Å². The van der Waals surface area contributed by atoms with Crippen molar-refractivity contribution >= 4 is 202 Å². The number of aliphatic hydroxyl groups is 1. The van der Waals surface area contributed by atoms with E-state index >= 15 is 0 Å². The number of aromatic carboxylic acids is 1. The summed E-state index contributed by atoms with van der Waals surface area (Å²) in [6.07, 6.45) is 7.15. The molecule has 1 aliphatic rings. The van der Waals surface area contributed by atoms with E-state index in [1.54, 1.807) is 30.4 Å². The molecule has 0 aromatic heterocycles. The van der Waals surface area contributed by atoms with Gasteiger partial charge in [0.05, 0.1) is 24.8 Å². The van der Waals surface area contributed by atoms with Crippen LogP contribution in [0.1, 0.15) is 58.1 Å². The van der Waals surface area contributed by atoms with Crippen molar-refractivity contribution in [1.82, 2.24) is 0 Å². The summed E-state index contributed by atoms with van der Waals surface area (Å²) < 4.78 is 10.8. The Bertz CT molecular complexity index is 4620. The zero-order valence-electron chi connectivity index (χ0n) is 45.4. The average molecular weight is 1520 g/mol. The predicted molar refractivity (Wildman–Crippen MR) is 370 cm³/mol. The molecule has 0 bridgehead atoms. The number of carboxylic acid groups (broad SMARTS) is 2. The van der Waals surface area contributed by atoms with E-state index < -0.39 is 11.9 Å². The minimum atomic E-state index is -0.938. The number of carbonyl (C=O) groups is 5. The molecule has 0 amide bonds. The Morgan fingerprint density at radius 2 is 0.826 bits per heavy atom. The van der Waals surface area contributed by atoms with E-state index in [4.69, 9.17) is 20.1 Å². The Morgan fingerprint density at radius 3 is 1.33 bits per heavy atom. The smallest absolute Gasteiger partial charge is 0.338 e. The zero-order chi connectivity index (χ0) is 61.4. The van der Waals surface area contributed by atoms with Gasteiger partial charge in [0.15, 0.2) is 12.1 Å². The summed E-state index contributed by atoms with van der Waals surface area (Å²) in [5.74, 6) is -2.05. The maximum absolute atomic E-state index is 11.7. The first kappa shape index (κ1) is 64.3. The van der Waals surface area contributed by atoms with E-state index in [1.807, 2.05) is 200 Å². The van der Waals surface area contributed by atoms with Gasteiger partial charge >= 0.3 is 17.9 Å². The number of carbonyl (C=O) groups excluding carboxylic acids is 3. The molecular weight excluding hydrogens is 1480 g/mol. The lowest BCUT2D eigenvalue weighted by Gasteiger charge is -2.12. The van der Waals surface area contributed by atoms with Crippen LogP contribution in [0.15, 0.2) is 251 Å². The maximum atomic E-state index is 11.7. The van der Waals surface area contributed by atoms with Gasteiger partial charge in [-0.25, -0.2) is 14.4 Å². The number of fused-ring (bicyclic) bond motifs is 5. The van der Waals surface area contributed by atoms with Crippen molar-refractivity contribution in [3.63, 3.8) is 0 Å². The van der Waals surface area contributed by atoms with E-state index in [9.17, 15) is 24.0 Å². The number of carboxylic acids is 2. The van der Waals surface area contributed by atoms with Gasteiger partial charge in [0.2, 0.25) is 0 Å². The second kappa shape index (κ2) is 30.6. The summed E-state index contributed by atoms with van der Waals surface area (Å²) in [5.41, 5.74) is 5.45. The summed E-state index contributed by atoms with van der Waals surface area (Å²) in [5, 5.41) is 38.9. The third kappa shape index (κ3) is 15.4. The van der Waals surface area contributed by atoms with Crippen molar-refractivity contribution in [2.75, 3.05) is 7.11 Å². The number of halogens is 6. The van der Waals surface area contributed by atoms with Crippen molar-refractivity contribution in [3.05, 3.63) is 290 Å². The van der Waals surface area contributed by atoms with E-state index in [1.165, 1.54) is 7.11 Å². The van der Waals surface area contributed by atoms with Crippen LogP contribution in [0.3, 0.4) is 0 Å². The number of methoxy groups -OCH3 is 1. The topological polar surface area (TPSA) is 155 Å². The SMILES string of the molecule is COC(=O)c1ccc(Br)c2ccccc12.O=C(O)/C=C/c1ccc(Br)c2ccccc12.O=C(O)c1ccc(Br)c2ccccc12.O=C1C=Cc2ccc(Br)c3cccc1c23.O=Cc1ccc(Br)c2ccccc12.OCc1ccc(Br)c2ccccc12. The lowest BCUT2D eigenvalue weighted by atomic mass is 9.92. The Hall–Kier alpha value is -7.73. The lowest BCUT2D eigenvalue weighted by Crippen LogP contribution is -2.01. The molecule has 428 valence electrons. The quantitative estimate of drug-likeness (QED) is 0.0838. The molecule has 12 aromatic carbocycles. The van der Waals surface area contributed by atoms with Gasteiger partial charge in [0.25, 0.3) is 0 Å². The van der Waals surface area contributed by atoms with Crippen molar-refractivity contribution in [2.45, 2.75) is 6.61 Å². The summed E-state index contributed by atoms with van der Waals surface area (Å²) in [6.45, 7) is 0.0911. The van der Waals surface area contributed by atoms with Crippen molar-refractivity contribution < 1.29 is 44.0 Å². The highest BCUT2D eigenvalue weighted by molar-refractivity contribution is 9.11. The normalized spacial score (nSPS) is 11.0. The van der Waals surface area contributed by atoms with Crippen LogP contribution in [0.25, 0.3) is 76.8 Å². The molecule has 9 nitrogen and oxygen atoms in total. The number of rotatable bonds is 6. The number of hydrogen-bond donors (Lipinski definition) is 3. The molecule has 0 heterocycles. The first-order valence-corrected chi connectivity index (χ1v) is 30.9. The Labute approximate surface area is 545 Å². The van der Waals surface area contributed by atoms with Crippen molar-refractivity contribution in [3.8, 4) is 0 Å². The monoisotopic (exact) mass is 1520 g/mol. The molecule has 0 saturated heterocycles. The second-order valence-corrected chi connectivity index (χ2v) is 23.8. The van der Waals surface area contributed by atoms with Gasteiger partial charge in [-0.3, -0.25) is 9.59 Å². The van der Waals surface area contributed by atoms with Gasteiger partial charge < -0.3 is 20.1 Å². The number of aldehydes is 1. The maximum Gasteiger partial charge on any atom is 0.338 e. The average Bonchev–Trinajstić information content (AvgIpc) is 2.40. The number of aliphatic hydroxyl groups excluding tert-OH is 1. The number of ether oxygens (including phenoxy) is 1. The van der Waals surface area contributed by atoms with Gasteiger partial charge in [0, 0.05) is 49.4 Å². The minimum Gasteiger partial charge on any atom is -0.478 e. The number of ketones is 1. The lowest BCUT2D eigenvalue weighted by molar-refractivity contribution is -0.131. The fraction of sp³-hybridized carbons (Fsp3) is 0.0282. The van der Waals surface area contributed by atoms with Crippen molar-refractivity contribution in [1.29, 1.82) is 0 Å². The van der Waals surface area contributed by atoms with Crippen LogP contribution in [0.2, 0.25) is 0 Å². The molecule has 0 unspecified atom stereocenters. The highest BCUT2D eigenvalue weighted by Crippen LogP contribution is 2.34. The standard InChI is InChI=1S/C13H9BrO2.C13H7BrO.C12H9BrO2.C11H7BrO2.C11H9BrO.C11H7BrO/c14-12-7-5-9(6-8-13(15)16)10-3-1-2-4-11(10)12;14-11-6-4-8-5-7-12(15)10-3-1-2-9(11)13(8)10;1-15-12(14)10-6-7-11(13)9-5-3-2-4-8(9)10;12-10-6-5-9(11(13)14)7-3-1-2-4-8(7)10;2*12-11-6-5-8(7-13)9-3-1-2-4-10(9)11/h1-8H,(H,15,16);1-7H;2-7H,1H3;1-6H,(H,13,14);1-6,13H,7H2;1-7H/b8-6+;;;;;. The molecule has 0 saturated carbocycles. The Balaban J connectivity index is 0.000000134. The van der Waals surface area contributed by atoms with Crippen LogP contribution in [0.5, 0.6) is 0 Å². The van der Waals surface area contributed by atoms with Crippen LogP contribution >= 0.6 is 95.6 Å². The molecule has 86 heavy (non-hydrogen) atoms. The third-order valence-electron chi connectivity index (χ3n) is 13.5. The number of aliphatic carboxylic acids is 1. The molecule has 12 aromatic rings. The Kier molecular flexibility index (Phi) is 22.8. The molecule has 0 atom stereocenters. The molecule has 3 N–H and O–H groups in total. The number of esters is 1. The second-order valence-electron chi connectivity index (χ2n) is 18.7. The highest BCUT2D eigenvalue weighted by atomic mass is 79.9. The third-order valence-corrected chi connectivity index (χ3v) is 17.7. The molecule has 0 aliphatic heterocycles. The molecule has 0 spiro atoms. The van der Waals surface area contributed by atoms with Crippen LogP contribution in [0.4, 0.5) is 0 Å². The van der Waals surface area contributed by atoms with Crippen LogP contribution in [-0.2, 0) is 16.1 Å². The van der Waals surface area contributed by atoms with Gasteiger partial charge in [-0.05, 0) is 143 Å². The predicted octanol–water partition coefficient (Wildman–Crippen LogP) is 20.7. The van der Waals surface area contributed by atoms with Crippen LogP contribution < -0.4 is 0 Å². The number of benzene rings is 12. The van der Waals surface area contributed by atoms with Crippen molar-refractivity contribution in [2.24, 2.45) is 0 Å². The van der Waals surface area contributed by atoms with Gasteiger partial charge in [-0.2, -0.15) is 0 Å². The molecule has 15 heteroatoms.